The molecule has 0 radical (unpaired) electrons. The van der Waals surface area contributed by atoms with Gasteiger partial charge in [-0.05, 0) is 31.7 Å². The van der Waals surface area contributed by atoms with Crippen LogP contribution >= 0.6 is 0 Å². The standard InChI is InChI=1S/C18H23N3O2/c1-3-16(14-7-5-4-6-8-14)18(22)21-11-9-15(10-12-21)17-19-13(2)20-23-17/h4-8,15-16H,3,9-12H2,1-2H3/t16-/m0/s1. The highest BCUT2D eigenvalue weighted by Gasteiger charge is 2.30. The van der Waals surface area contributed by atoms with Crippen LogP contribution in [0.5, 0.6) is 0 Å². The van der Waals surface area contributed by atoms with Crippen LogP contribution in [-0.2, 0) is 4.79 Å². The maximum Gasteiger partial charge on any atom is 0.230 e. The van der Waals surface area contributed by atoms with Gasteiger partial charge in [-0.1, -0.05) is 42.4 Å². The number of nitrogens with zero attached hydrogens (tertiary/aromatic N) is 3. The fourth-order valence-electron chi connectivity index (χ4n) is 3.28. The van der Waals surface area contributed by atoms with Crippen molar-refractivity contribution in [2.75, 3.05) is 13.1 Å². The third kappa shape index (κ3) is 3.44. The van der Waals surface area contributed by atoms with Gasteiger partial charge in [0.25, 0.3) is 0 Å². The van der Waals surface area contributed by atoms with E-state index in [0.29, 0.717) is 11.7 Å². The number of amides is 1. The van der Waals surface area contributed by atoms with Crippen LogP contribution < -0.4 is 0 Å². The quantitative estimate of drug-likeness (QED) is 0.869. The molecule has 1 saturated heterocycles. The molecule has 1 aliphatic rings. The van der Waals surface area contributed by atoms with Crippen molar-refractivity contribution in [3.63, 3.8) is 0 Å². The number of benzene rings is 1. The maximum atomic E-state index is 12.9. The number of aromatic nitrogens is 2. The first-order chi connectivity index (χ1) is 11.2. The minimum atomic E-state index is -0.0431. The second-order valence-corrected chi connectivity index (χ2v) is 6.15. The summed E-state index contributed by atoms with van der Waals surface area (Å²) in [6.07, 6.45) is 2.60. The Labute approximate surface area is 136 Å². The predicted molar refractivity (Wildman–Crippen MR) is 87.1 cm³/mol. The molecule has 1 aliphatic heterocycles. The largest absolute Gasteiger partial charge is 0.342 e. The number of hydrogen-bond donors (Lipinski definition) is 0. The lowest BCUT2D eigenvalue weighted by molar-refractivity contribution is -0.134. The van der Waals surface area contributed by atoms with E-state index in [1.165, 1.54) is 0 Å². The van der Waals surface area contributed by atoms with E-state index in [-0.39, 0.29) is 17.7 Å². The third-order valence-corrected chi connectivity index (χ3v) is 4.61. The van der Waals surface area contributed by atoms with Gasteiger partial charge in [0, 0.05) is 19.0 Å². The Kier molecular flexibility index (Phi) is 4.74. The Morgan fingerprint density at radius 3 is 2.57 bits per heavy atom. The van der Waals surface area contributed by atoms with Crippen LogP contribution in [0.4, 0.5) is 0 Å². The summed E-state index contributed by atoms with van der Waals surface area (Å²) in [7, 11) is 0. The number of piperidine rings is 1. The van der Waals surface area contributed by atoms with Crippen LogP contribution in [0, 0.1) is 6.92 Å². The molecule has 2 aromatic rings. The minimum Gasteiger partial charge on any atom is -0.342 e. The van der Waals surface area contributed by atoms with Crippen LogP contribution in [0.15, 0.2) is 34.9 Å². The second kappa shape index (κ2) is 6.94. The Morgan fingerprint density at radius 1 is 1.30 bits per heavy atom. The minimum absolute atomic E-state index is 0.0431. The molecule has 0 saturated carbocycles. The first-order valence-electron chi connectivity index (χ1n) is 8.33. The van der Waals surface area contributed by atoms with Crippen molar-refractivity contribution < 1.29 is 9.32 Å². The van der Waals surface area contributed by atoms with Crippen LogP contribution in [0.1, 0.15) is 55.3 Å². The number of likely N-dealkylation sites (tertiary alicyclic amines) is 1. The Hall–Kier alpha value is -2.17. The van der Waals surface area contributed by atoms with Gasteiger partial charge in [0.15, 0.2) is 5.82 Å². The average Bonchev–Trinajstić information content (AvgIpc) is 3.03. The van der Waals surface area contributed by atoms with Crippen molar-refractivity contribution in [3.8, 4) is 0 Å². The first kappa shape index (κ1) is 15.7. The molecule has 122 valence electrons. The topological polar surface area (TPSA) is 59.2 Å². The first-order valence-corrected chi connectivity index (χ1v) is 8.33. The van der Waals surface area contributed by atoms with Gasteiger partial charge in [-0.3, -0.25) is 4.79 Å². The molecule has 1 fully saturated rings. The smallest absolute Gasteiger partial charge is 0.230 e. The molecule has 0 aliphatic carbocycles. The number of carbonyl (C=O) groups is 1. The van der Waals surface area contributed by atoms with E-state index >= 15 is 0 Å². The molecule has 23 heavy (non-hydrogen) atoms. The van der Waals surface area contributed by atoms with Gasteiger partial charge in [0.2, 0.25) is 11.8 Å². The number of rotatable bonds is 4. The van der Waals surface area contributed by atoms with E-state index in [4.69, 9.17) is 4.52 Å². The zero-order valence-electron chi connectivity index (χ0n) is 13.7. The summed E-state index contributed by atoms with van der Waals surface area (Å²) < 4.78 is 5.27. The molecule has 0 unspecified atom stereocenters. The normalized spacial score (nSPS) is 17.2. The molecular formula is C18H23N3O2. The summed E-state index contributed by atoms with van der Waals surface area (Å²) in [4.78, 5) is 19.2. The number of carbonyl (C=O) groups excluding carboxylic acids is 1. The van der Waals surface area contributed by atoms with Crippen molar-refractivity contribution >= 4 is 5.91 Å². The van der Waals surface area contributed by atoms with Crippen LogP contribution in [0.25, 0.3) is 0 Å². The lowest BCUT2D eigenvalue weighted by Gasteiger charge is -2.33. The predicted octanol–water partition coefficient (Wildman–Crippen LogP) is 3.28. The van der Waals surface area contributed by atoms with Crippen LogP contribution in [-0.4, -0.2) is 34.0 Å². The molecule has 0 N–H and O–H groups in total. The zero-order chi connectivity index (χ0) is 16.2. The van der Waals surface area contributed by atoms with Crippen molar-refractivity contribution in [1.29, 1.82) is 0 Å². The van der Waals surface area contributed by atoms with Gasteiger partial charge < -0.3 is 9.42 Å². The highest BCUT2D eigenvalue weighted by atomic mass is 16.5. The summed E-state index contributed by atoms with van der Waals surface area (Å²) >= 11 is 0. The van der Waals surface area contributed by atoms with E-state index in [1.807, 2.05) is 42.2 Å². The summed E-state index contributed by atoms with van der Waals surface area (Å²) in [5.74, 6) is 1.85. The molecule has 1 atom stereocenters. The third-order valence-electron chi connectivity index (χ3n) is 4.61. The van der Waals surface area contributed by atoms with E-state index in [0.717, 1.165) is 37.9 Å². The van der Waals surface area contributed by atoms with Crippen molar-refractivity contribution in [2.24, 2.45) is 0 Å². The van der Waals surface area contributed by atoms with Gasteiger partial charge >= 0.3 is 0 Å². The number of hydrogen-bond acceptors (Lipinski definition) is 4. The molecule has 5 heteroatoms. The molecule has 2 heterocycles. The maximum absolute atomic E-state index is 12.9. The monoisotopic (exact) mass is 313 g/mol. The van der Waals surface area contributed by atoms with Gasteiger partial charge in [0.1, 0.15) is 0 Å². The average molecular weight is 313 g/mol. The zero-order valence-corrected chi connectivity index (χ0v) is 13.7. The van der Waals surface area contributed by atoms with Crippen LogP contribution in [0.3, 0.4) is 0 Å². The molecule has 3 rings (SSSR count). The molecule has 1 aromatic carbocycles. The fraction of sp³-hybridized carbons (Fsp3) is 0.500. The van der Waals surface area contributed by atoms with E-state index < -0.39 is 0 Å². The number of aryl methyl sites for hydroxylation is 1. The second-order valence-electron chi connectivity index (χ2n) is 6.15. The summed E-state index contributed by atoms with van der Waals surface area (Å²) in [6.45, 7) is 5.42. The highest BCUT2D eigenvalue weighted by molar-refractivity contribution is 5.83. The van der Waals surface area contributed by atoms with Crippen molar-refractivity contribution in [2.45, 2.75) is 44.9 Å². The summed E-state index contributed by atoms with van der Waals surface area (Å²) in [6, 6.07) is 10.1. The van der Waals surface area contributed by atoms with Gasteiger partial charge in [-0.2, -0.15) is 4.98 Å². The lowest BCUT2D eigenvalue weighted by atomic mass is 9.92. The lowest BCUT2D eigenvalue weighted by Crippen LogP contribution is -2.40. The highest BCUT2D eigenvalue weighted by Crippen LogP contribution is 2.29. The van der Waals surface area contributed by atoms with E-state index in [9.17, 15) is 4.79 Å². The summed E-state index contributed by atoms with van der Waals surface area (Å²) in [5.41, 5.74) is 1.11. The molecular weight excluding hydrogens is 290 g/mol. The van der Waals surface area contributed by atoms with Crippen molar-refractivity contribution in [3.05, 3.63) is 47.6 Å². The molecule has 0 bridgehead atoms. The Morgan fingerprint density at radius 2 is 2.00 bits per heavy atom. The van der Waals surface area contributed by atoms with Gasteiger partial charge in [0.05, 0.1) is 5.92 Å². The SMILES string of the molecule is CC[C@H](C(=O)N1CCC(c2nc(C)no2)CC1)c1ccccc1. The summed E-state index contributed by atoms with van der Waals surface area (Å²) in [5, 5.41) is 3.86. The molecule has 5 nitrogen and oxygen atoms in total. The molecule has 0 spiro atoms. The van der Waals surface area contributed by atoms with Gasteiger partial charge in [-0.15, -0.1) is 0 Å². The Bertz CT molecular complexity index is 645. The van der Waals surface area contributed by atoms with Gasteiger partial charge in [-0.25, -0.2) is 0 Å². The van der Waals surface area contributed by atoms with Crippen LogP contribution in [0.2, 0.25) is 0 Å². The van der Waals surface area contributed by atoms with E-state index in [1.54, 1.807) is 0 Å². The van der Waals surface area contributed by atoms with Crippen molar-refractivity contribution in [1.82, 2.24) is 15.0 Å². The molecule has 1 aromatic heterocycles. The fourth-order valence-corrected chi connectivity index (χ4v) is 3.28. The molecule has 1 amide bonds. The van der Waals surface area contributed by atoms with E-state index in [2.05, 4.69) is 17.1 Å². The Balaban J connectivity index is 1.63.